The molecule has 0 aliphatic rings. The summed E-state index contributed by atoms with van der Waals surface area (Å²) in [5.74, 6) is 0. The van der Waals surface area contributed by atoms with Crippen LogP contribution in [0.4, 0.5) is 0 Å². The first-order valence-electron chi connectivity index (χ1n) is 4.23. The summed E-state index contributed by atoms with van der Waals surface area (Å²) in [7, 11) is 0. The summed E-state index contributed by atoms with van der Waals surface area (Å²) in [5, 5.41) is 1.21. The molecule has 0 aliphatic carbocycles. The number of hydrogen-bond acceptors (Lipinski definition) is 3. The summed E-state index contributed by atoms with van der Waals surface area (Å²) in [5.41, 5.74) is 3.54. The van der Waals surface area contributed by atoms with Crippen molar-refractivity contribution >= 4 is 23.1 Å². The number of rotatable bonds is 1. The van der Waals surface area contributed by atoms with Crippen molar-refractivity contribution in [3.8, 4) is 10.6 Å². The highest BCUT2D eigenvalue weighted by atomic mass is 35.5. The fourth-order valence-electron chi connectivity index (χ4n) is 1.28. The molecule has 0 spiro atoms. The molecule has 0 saturated heterocycles. The predicted octanol–water partition coefficient (Wildman–Crippen LogP) is 3.48. The molecule has 0 atom stereocenters. The number of nitrogens with zero attached hydrogens (tertiary/aromatic N) is 2. The standard InChI is InChI=1S/C10H9ClN2S/c1-6-3-4-7(2)8(5-6)9-12-10(11)13-14-9/h3-5H,1-2H3. The average molecular weight is 225 g/mol. The Bertz CT molecular complexity index is 465. The fraction of sp³-hybridized carbons (Fsp3) is 0.200. The zero-order chi connectivity index (χ0) is 10.1. The predicted molar refractivity (Wildman–Crippen MR) is 59.8 cm³/mol. The lowest BCUT2D eigenvalue weighted by molar-refractivity contribution is 1.31. The van der Waals surface area contributed by atoms with Crippen LogP contribution >= 0.6 is 23.1 Å². The van der Waals surface area contributed by atoms with Gasteiger partial charge in [0.25, 0.3) is 0 Å². The van der Waals surface area contributed by atoms with Crippen molar-refractivity contribution in [1.29, 1.82) is 0 Å². The van der Waals surface area contributed by atoms with E-state index in [2.05, 4.69) is 41.4 Å². The van der Waals surface area contributed by atoms with Crippen LogP contribution in [0.25, 0.3) is 10.6 Å². The van der Waals surface area contributed by atoms with Crippen LogP contribution in [-0.4, -0.2) is 9.36 Å². The van der Waals surface area contributed by atoms with E-state index >= 15 is 0 Å². The molecule has 0 bridgehead atoms. The van der Waals surface area contributed by atoms with Gasteiger partial charge in [0.2, 0.25) is 5.28 Å². The molecule has 2 nitrogen and oxygen atoms in total. The van der Waals surface area contributed by atoms with Gasteiger partial charge in [0, 0.05) is 5.56 Å². The van der Waals surface area contributed by atoms with Crippen LogP contribution in [0.5, 0.6) is 0 Å². The van der Waals surface area contributed by atoms with E-state index in [0.717, 1.165) is 10.6 Å². The van der Waals surface area contributed by atoms with Crippen molar-refractivity contribution in [3.63, 3.8) is 0 Å². The quantitative estimate of drug-likeness (QED) is 0.741. The molecule has 0 aliphatic heterocycles. The Labute approximate surface area is 91.7 Å². The van der Waals surface area contributed by atoms with Gasteiger partial charge in [0.1, 0.15) is 5.01 Å². The molecule has 0 unspecified atom stereocenters. The van der Waals surface area contributed by atoms with E-state index < -0.39 is 0 Å². The highest BCUT2D eigenvalue weighted by Crippen LogP contribution is 2.26. The average Bonchev–Trinajstić information content (AvgIpc) is 2.56. The van der Waals surface area contributed by atoms with E-state index in [4.69, 9.17) is 11.6 Å². The highest BCUT2D eigenvalue weighted by molar-refractivity contribution is 7.09. The second kappa shape index (κ2) is 3.67. The highest BCUT2D eigenvalue weighted by Gasteiger charge is 2.07. The molecule has 72 valence electrons. The second-order valence-corrected chi connectivity index (χ2v) is 4.28. The smallest absolute Gasteiger partial charge is 0.205 e. The Morgan fingerprint density at radius 2 is 2.07 bits per heavy atom. The van der Waals surface area contributed by atoms with Crippen molar-refractivity contribution in [2.45, 2.75) is 13.8 Å². The minimum absolute atomic E-state index is 0.325. The number of hydrogen-bond donors (Lipinski definition) is 0. The lowest BCUT2D eigenvalue weighted by atomic mass is 10.1. The zero-order valence-electron chi connectivity index (χ0n) is 7.91. The van der Waals surface area contributed by atoms with E-state index in [9.17, 15) is 0 Å². The van der Waals surface area contributed by atoms with Gasteiger partial charge in [-0.2, -0.15) is 4.37 Å². The monoisotopic (exact) mass is 224 g/mol. The maximum absolute atomic E-state index is 5.69. The normalized spacial score (nSPS) is 10.5. The van der Waals surface area contributed by atoms with Crippen LogP contribution in [0.1, 0.15) is 11.1 Å². The molecule has 14 heavy (non-hydrogen) atoms. The van der Waals surface area contributed by atoms with Gasteiger partial charge in [-0.15, -0.1) is 0 Å². The van der Waals surface area contributed by atoms with Crippen molar-refractivity contribution < 1.29 is 0 Å². The van der Waals surface area contributed by atoms with Crippen LogP contribution in [0, 0.1) is 13.8 Å². The molecule has 0 radical (unpaired) electrons. The summed E-state index contributed by atoms with van der Waals surface area (Å²) in [6, 6.07) is 6.27. The van der Waals surface area contributed by atoms with Gasteiger partial charge in [0.15, 0.2) is 0 Å². The van der Waals surface area contributed by atoms with Gasteiger partial charge in [-0.05, 0) is 48.6 Å². The van der Waals surface area contributed by atoms with Crippen molar-refractivity contribution in [2.24, 2.45) is 0 Å². The first-order valence-corrected chi connectivity index (χ1v) is 5.39. The first kappa shape index (κ1) is 9.62. The fourth-order valence-corrected chi connectivity index (χ4v) is 2.17. The molecule has 0 amide bonds. The molecule has 0 fully saturated rings. The molecule has 0 N–H and O–H groups in total. The maximum atomic E-state index is 5.69. The molecular formula is C10H9ClN2S. The summed E-state index contributed by atoms with van der Waals surface area (Å²) < 4.78 is 3.96. The lowest BCUT2D eigenvalue weighted by Gasteiger charge is -2.02. The van der Waals surface area contributed by atoms with Crippen LogP contribution in [0.3, 0.4) is 0 Å². The van der Waals surface area contributed by atoms with Crippen LogP contribution < -0.4 is 0 Å². The SMILES string of the molecule is Cc1ccc(C)c(-c2nc(Cl)ns2)c1. The Morgan fingerprint density at radius 3 is 2.71 bits per heavy atom. The number of aromatic nitrogens is 2. The minimum atomic E-state index is 0.325. The van der Waals surface area contributed by atoms with E-state index in [-0.39, 0.29) is 0 Å². The largest absolute Gasteiger partial charge is 0.234 e. The van der Waals surface area contributed by atoms with Gasteiger partial charge in [-0.25, -0.2) is 4.98 Å². The van der Waals surface area contributed by atoms with Gasteiger partial charge in [-0.1, -0.05) is 17.7 Å². The second-order valence-electron chi connectivity index (χ2n) is 3.19. The van der Waals surface area contributed by atoms with Crippen LogP contribution in [-0.2, 0) is 0 Å². The van der Waals surface area contributed by atoms with Gasteiger partial charge >= 0.3 is 0 Å². The van der Waals surface area contributed by atoms with Gasteiger partial charge in [-0.3, -0.25) is 0 Å². The van der Waals surface area contributed by atoms with Crippen molar-refractivity contribution in [1.82, 2.24) is 9.36 Å². The van der Waals surface area contributed by atoms with E-state index in [1.165, 1.54) is 22.7 Å². The molecule has 0 saturated carbocycles. The number of halogens is 1. The number of benzene rings is 1. The Hall–Kier alpha value is -0.930. The van der Waals surface area contributed by atoms with E-state index in [1.54, 1.807) is 0 Å². The minimum Gasteiger partial charge on any atom is -0.205 e. The summed E-state index contributed by atoms with van der Waals surface area (Å²) in [4.78, 5) is 4.16. The van der Waals surface area contributed by atoms with E-state index in [0.29, 0.717) is 5.28 Å². The van der Waals surface area contributed by atoms with E-state index in [1.807, 2.05) is 0 Å². The Morgan fingerprint density at radius 1 is 1.29 bits per heavy atom. The lowest BCUT2D eigenvalue weighted by Crippen LogP contribution is -1.83. The third kappa shape index (κ3) is 1.79. The Balaban J connectivity index is 2.55. The Kier molecular flexibility index (Phi) is 2.52. The molecule has 1 aromatic heterocycles. The topological polar surface area (TPSA) is 25.8 Å². The molecule has 1 heterocycles. The van der Waals surface area contributed by atoms with Gasteiger partial charge in [0.05, 0.1) is 0 Å². The molecule has 1 aromatic carbocycles. The number of aryl methyl sites for hydroxylation is 2. The molecule has 2 aromatic rings. The van der Waals surface area contributed by atoms with Crippen LogP contribution in [0.15, 0.2) is 18.2 Å². The molecule has 4 heteroatoms. The van der Waals surface area contributed by atoms with Crippen LogP contribution in [0.2, 0.25) is 5.28 Å². The zero-order valence-corrected chi connectivity index (χ0v) is 9.49. The summed E-state index contributed by atoms with van der Waals surface area (Å²) in [6.45, 7) is 4.12. The van der Waals surface area contributed by atoms with Crippen molar-refractivity contribution in [3.05, 3.63) is 34.6 Å². The molecular weight excluding hydrogens is 216 g/mol. The molecule has 2 rings (SSSR count). The third-order valence-corrected chi connectivity index (χ3v) is 3.04. The maximum Gasteiger partial charge on any atom is 0.234 e. The first-order chi connectivity index (χ1) is 6.66. The third-order valence-electron chi connectivity index (χ3n) is 2.02. The van der Waals surface area contributed by atoms with Crippen molar-refractivity contribution in [2.75, 3.05) is 0 Å². The van der Waals surface area contributed by atoms with Gasteiger partial charge < -0.3 is 0 Å². The summed E-state index contributed by atoms with van der Waals surface area (Å²) in [6.07, 6.45) is 0. The summed E-state index contributed by atoms with van der Waals surface area (Å²) >= 11 is 7.02.